The van der Waals surface area contributed by atoms with Gasteiger partial charge in [0.25, 0.3) is 0 Å². The molecule has 2 bridgehead atoms. The van der Waals surface area contributed by atoms with Gasteiger partial charge < -0.3 is 35.4 Å². The molecule has 6 atom stereocenters. The van der Waals surface area contributed by atoms with Crippen LogP contribution in [0.2, 0.25) is 0 Å². The maximum Gasteiger partial charge on any atom is 0.335 e. The van der Waals surface area contributed by atoms with Crippen molar-refractivity contribution in [2.45, 2.75) is 73.9 Å². The van der Waals surface area contributed by atoms with E-state index in [1.54, 1.807) is 6.07 Å². The number of likely N-dealkylation sites (tertiary alicyclic amines) is 1. The molecule has 0 amide bonds. The third kappa shape index (κ3) is 3.44. The van der Waals surface area contributed by atoms with Gasteiger partial charge in [-0.15, -0.1) is 0 Å². The topological polar surface area (TPSA) is 185 Å². The van der Waals surface area contributed by atoms with E-state index < -0.39 is 41.3 Å². The number of rotatable bonds is 5. The number of carbonyl (C=O) groups is 3. The first-order valence-electron chi connectivity index (χ1n) is 11.8. The van der Waals surface area contributed by atoms with Crippen molar-refractivity contribution < 1.29 is 49.8 Å². The number of phenols is 1. The molecule has 6 N–H and O–H groups in total. The van der Waals surface area contributed by atoms with Crippen LogP contribution in [0.5, 0.6) is 11.5 Å². The molecule has 11 heteroatoms. The fourth-order valence-electron chi connectivity index (χ4n) is 6.53. The maximum atomic E-state index is 12.7. The van der Waals surface area contributed by atoms with Gasteiger partial charge in [0.2, 0.25) is 0 Å². The SMILES string of the molecule is O=C(O)C(O)C(O)C(=O)O.O=C1CC[C@@]2(O)[C@H]3Cc4ccc(O)c5c4[C@@]2(CCN3CC2CC2)[C@H]1O5. The Labute approximate surface area is 200 Å². The zero-order chi connectivity index (χ0) is 25.3. The van der Waals surface area contributed by atoms with Gasteiger partial charge in [-0.25, -0.2) is 9.59 Å². The summed E-state index contributed by atoms with van der Waals surface area (Å²) in [5.41, 5.74) is 0.454. The summed E-state index contributed by atoms with van der Waals surface area (Å²) in [6.07, 6.45) is -0.205. The Morgan fingerprint density at radius 3 is 2.37 bits per heavy atom. The molecule has 1 saturated heterocycles. The molecule has 2 aliphatic heterocycles. The first kappa shape index (κ1) is 24.0. The standard InChI is InChI=1S/C20H23NO4.C4H6O6/c22-13-4-3-12-9-15-20(24)6-5-14(23)18-19(20,16(12)17(13)25-18)7-8-21(15)10-11-1-2-11;5-1(3(7)8)2(6)4(9)10/h3-4,11,15,18,22,24H,1-2,5-10H2;1-2,5-6H,(H,7,8)(H,9,10)/t15-,18+,19+,20-;/m1./s1. The van der Waals surface area contributed by atoms with Crippen molar-refractivity contribution >= 4 is 17.7 Å². The van der Waals surface area contributed by atoms with E-state index in [4.69, 9.17) is 25.2 Å². The van der Waals surface area contributed by atoms with Crippen molar-refractivity contribution in [1.82, 2.24) is 4.90 Å². The van der Waals surface area contributed by atoms with Gasteiger partial charge in [-0.3, -0.25) is 9.69 Å². The van der Waals surface area contributed by atoms with Crippen molar-refractivity contribution in [3.8, 4) is 11.5 Å². The molecule has 2 heterocycles. The van der Waals surface area contributed by atoms with Crippen LogP contribution in [0.4, 0.5) is 0 Å². The lowest BCUT2D eigenvalue weighted by Gasteiger charge is -2.62. The molecule has 3 aliphatic carbocycles. The molecule has 1 aromatic carbocycles. The van der Waals surface area contributed by atoms with E-state index in [0.717, 1.165) is 43.0 Å². The van der Waals surface area contributed by atoms with E-state index in [9.17, 15) is 24.6 Å². The molecule has 190 valence electrons. The van der Waals surface area contributed by atoms with Crippen molar-refractivity contribution in [3.05, 3.63) is 23.3 Å². The molecule has 0 aromatic heterocycles. The number of benzene rings is 1. The fraction of sp³-hybridized carbons (Fsp3) is 0.625. The number of ether oxygens (including phenoxy) is 1. The Bertz CT molecular complexity index is 1070. The minimum Gasteiger partial charge on any atom is -0.504 e. The van der Waals surface area contributed by atoms with Crippen LogP contribution in [0, 0.1) is 5.92 Å². The zero-order valence-corrected chi connectivity index (χ0v) is 19.0. The number of carboxylic acids is 2. The summed E-state index contributed by atoms with van der Waals surface area (Å²) >= 11 is 0. The van der Waals surface area contributed by atoms with Gasteiger partial charge >= 0.3 is 11.9 Å². The van der Waals surface area contributed by atoms with Crippen LogP contribution in [-0.4, -0.2) is 96.3 Å². The van der Waals surface area contributed by atoms with E-state index in [1.165, 1.54) is 12.8 Å². The lowest BCUT2D eigenvalue weighted by atomic mass is 9.49. The number of ketones is 1. The van der Waals surface area contributed by atoms with Crippen LogP contribution in [0.1, 0.15) is 43.2 Å². The van der Waals surface area contributed by atoms with Crippen molar-refractivity contribution in [1.29, 1.82) is 0 Å². The number of aliphatic hydroxyl groups excluding tert-OH is 2. The molecule has 0 radical (unpaired) electrons. The highest BCUT2D eigenvalue weighted by Crippen LogP contribution is 2.64. The lowest BCUT2D eigenvalue weighted by molar-refractivity contribution is -0.188. The summed E-state index contributed by atoms with van der Waals surface area (Å²) in [4.78, 5) is 34.7. The summed E-state index contributed by atoms with van der Waals surface area (Å²) in [7, 11) is 0. The van der Waals surface area contributed by atoms with E-state index in [0.29, 0.717) is 18.6 Å². The average molecular weight is 491 g/mol. The van der Waals surface area contributed by atoms with Gasteiger partial charge in [-0.1, -0.05) is 6.07 Å². The second kappa shape index (κ2) is 8.16. The Hall–Kier alpha value is -2.73. The quantitative estimate of drug-likeness (QED) is 0.309. The molecule has 35 heavy (non-hydrogen) atoms. The number of aliphatic hydroxyl groups is 3. The van der Waals surface area contributed by atoms with Gasteiger partial charge in [-0.05, 0) is 56.2 Å². The lowest BCUT2D eigenvalue weighted by Crippen LogP contribution is -2.76. The van der Waals surface area contributed by atoms with Crippen LogP contribution in [0.15, 0.2) is 12.1 Å². The molecular weight excluding hydrogens is 462 g/mol. The smallest absolute Gasteiger partial charge is 0.335 e. The molecule has 3 fully saturated rings. The number of aromatic hydroxyl groups is 1. The number of Topliss-reactive ketones (excluding diaryl/α,β-unsaturated/α-hetero) is 1. The third-order valence-corrected chi connectivity index (χ3v) is 8.36. The number of phenolic OH excluding ortho intramolecular Hbond substituents is 1. The predicted molar refractivity (Wildman–Crippen MR) is 117 cm³/mol. The Morgan fingerprint density at radius 1 is 1.11 bits per heavy atom. The highest BCUT2D eigenvalue weighted by atomic mass is 16.5. The summed E-state index contributed by atoms with van der Waals surface area (Å²) in [5, 5.41) is 54.8. The third-order valence-electron chi connectivity index (χ3n) is 8.36. The highest BCUT2D eigenvalue weighted by Gasteiger charge is 2.73. The fourth-order valence-corrected chi connectivity index (χ4v) is 6.53. The predicted octanol–water partition coefficient (Wildman–Crippen LogP) is -0.597. The zero-order valence-electron chi connectivity index (χ0n) is 19.0. The monoisotopic (exact) mass is 491 g/mol. The van der Waals surface area contributed by atoms with Crippen molar-refractivity contribution in [2.24, 2.45) is 5.92 Å². The van der Waals surface area contributed by atoms with Crippen LogP contribution >= 0.6 is 0 Å². The van der Waals surface area contributed by atoms with Crippen LogP contribution < -0.4 is 4.74 Å². The van der Waals surface area contributed by atoms with Gasteiger partial charge in [0.05, 0.1) is 11.0 Å². The normalized spacial score (nSPS) is 34.1. The van der Waals surface area contributed by atoms with Crippen molar-refractivity contribution in [3.63, 3.8) is 0 Å². The number of piperidine rings is 1. The second-order valence-corrected chi connectivity index (χ2v) is 10.3. The summed E-state index contributed by atoms with van der Waals surface area (Å²) < 4.78 is 6.04. The number of hydrogen-bond donors (Lipinski definition) is 6. The number of nitrogens with zero attached hydrogens (tertiary/aromatic N) is 1. The molecule has 2 unspecified atom stereocenters. The van der Waals surface area contributed by atoms with Gasteiger partial charge in [-0.2, -0.15) is 0 Å². The maximum absolute atomic E-state index is 12.7. The van der Waals surface area contributed by atoms with Gasteiger partial charge in [0.1, 0.15) is 0 Å². The first-order valence-corrected chi connectivity index (χ1v) is 11.8. The largest absolute Gasteiger partial charge is 0.504 e. The second-order valence-electron chi connectivity index (χ2n) is 10.3. The molecule has 2 saturated carbocycles. The summed E-state index contributed by atoms with van der Waals surface area (Å²) in [5.74, 6) is -2.15. The highest BCUT2D eigenvalue weighted by molar-refractivity contribution is 5.90. The molecule has 1 spiro atoms. The van der Waals surface area contributed by atoms with E-state index in [1.807, 2.05) is 6.07 Å². The molecule has 5 aliphatic rings. The number of aliphatic carboxylic acids is 2. The van der Waals surface area contributed by atoms with Crippen LogP contribution in [-0.2, 0) is 26.2 Å². The minimum absolute atomic E-state index is 0.0454. The van der Waals surface area contributed by atoms with Crippen LogP contribution in [0.25, 0.3) is 0 Å². The molecule has 6 rings (SSSR count). The molecule has 1 aromatic rings. The Kier molecular flexibility index (Phi) is 5.59. The number of carboxylic acid groups (broad SMARTS) is 2. The van der Waals surface area contributed by atoms with Crippen molar-refractivity contribution in [2.75, 3.05) is 13.1 Å². The number of hydrogen-bond acceptors (Lipinski definition) is 9. The Morgan fingerprint density at radius 2 is 1.77 bits per heavy atom. The molecule has 11 nitrogen and oxygen atoms in total. The Balaban J connectivity index is 0.000000218. The first-order chi connectivity index (χ1) is 16.5. The van der Waals surface area contributed by atoms with Crippen LogP contribution in [0.3, 0.4) is 0 Å². The summed E-state index contributed by atoms with van der Waals surface area (Å²) in [6, 6.07) is 3.69. The van der Waals surface area contributed by atoms with Gasteiger partial charge in [0, 0.05) is 24.6 Å². The minimum atomic E-state index is -2.27. The van der Waals surface area contributed by atoms with E-state index >= 15 is 0 Å². The van der Waals surface area contributed by atoms with E-state index in [-0.39, 0.29) is 17.6 Å². The average Bonchev–Trinajstić information content (AvgIpc) is 3.55. The summed E-state index contributed by atoms with van der Waals surface area (Å²) in [6.45, 7) is 1.95. The van der Waals surface area contributed by atoms with Gasteiger partial charge in [0.15, 0.2) is 35.6 Å². The number of carbonyl (C=O) groups excluding carboxylic acids is 1. The molecular formula is C24H29NO10. The van der Waals surface area contributed by atoms with E-state index in [2.05, 4.69) is 4.90 Å².